The topological polar surface area (TPSA) is 47.5 Å². The largest absolute Gasteiger partial charge is 0.366 e. The predicted molar refractivity (Wildman–Crippen MR) is 62.5 cm³/mol. The highest BCUT2D eigenvalue weighted by atomic mass is 35.5. The zero-order chi connectivity index (χ0) is 10.1. The summed E-state index contributed by atoms with van der Waals surface area (Å²) in [4.78, 5) is 11.3. The molecule has 4 heteroatoms. The average Bonchev–Trinajstić information content (AvgIpc) is 2.55. The van der Waals surface area contributed by atoms with E-state index in [1.165, 1.54) is 0 Å². The maximum atomic E-state index is 11.3. The van der Waals surface area contributed by atoms with Crippen LogP contribution in [0.3, 0.4) is 0 Å². The Labute approximate surface area is 94.3 Å². The quantitative estimate of drug-likeness (QED) is 0.834. The van der Waals surface area contributed by atoms with Crippen LogP contribution in [-0.4, -0.2) is 10.3 Å². The summed E-state index contributed by atoms with van der Waals surface area (Å²) in [5.74, 6) is -0.351. The van der Waals surface area contributed by atoms with E-state index in [-0.39, 0.29) is 18.3 Å². The highest BCUT2D eigenvalue weighted by Crippen LogP contribution is 2.18. The van der Waals surface area contributed by atoms with Crippen LogP contribution in [0.4, 0.5) is 0 Å². The SMILES string of the molecule is CCc1cn2ccccc2c1C(N)=O.Cl. The first kappa shape index (κ1) is 11.6. The molecule has 0 atom stereocenters. The van der Waals surface area contributed by atoms with Crippen molar-refractivity contribution < 1.29 is 4.79 Å². The van der Waals surface area contributed by atoms with E-state index in [2.05, 4.69) is 0 Å². The Hall–Kier alpha value is -1.48. The molecule has 2 N–H and O–H groups in total. The van der Waals surface area contributed by atoms with E-state index in [1.54, 1.807) is 0 Å². The molecular weight excluding hydrogens is 212 g/mol. The summed E-state index contributed by atoms with van der Waals surface area (Å²) in [6, 6.07) is 5.73. The van der Waals surface area contributed by atoms with E-state index in [4.69, 9.17) is 5.73 Å². The van der Waals surface area contributed by atoms with E-state index in [1.807, 2.05) is 41.9 Å². The van der Waals surface area contributed by atoms with Gasteiger partial charge in [0.15, 0.2) is 0 Å². The number of carbonyl (C=O) groups is 1. The van der Waals surface area contributed by atoms with Crippen molar-refractivity contribution in [1.29, 1.82) is 0 Å². The molecule has 0 saturated carbocycles. The number of carbonyl (C=O) groups excluding carboxylic acids is 1. The zero-order valence-corrected chi connectivity index (χ0v) is 9.25. The van der Waals surface area contributed by atoms with Crippen molar-refractivity contribution in [2.24, 2.45) is 5.73 Å². The number of rotatable bonds is 2. The second kappa shape index (κ2) is 4.36. The van der Waals surface area contributed by atoms with Crippen LogP contribution in [0.5, 0.6) is 0 Å². The zero-order valence-electron chi connectivity index (χ0n) is 8.43. The summed E-state index contributed by atoms with van der Waals surface area (Å²) in [5.41, 5.74) is 7.88. The third-order valence-corrected chi connectivity index (χ3v) is 2.39. The average molecular weight is 225 g/mol. The molecule has 2 aromatic heterocycles. The van der Waals surface area contributed by atoms with E-state index in [0.717, 1.165) is 17.5 Å². The van der Waals surface area contributed by atoms with Crippen molar-refractivity contribution in [3.8, 4) is 0 Å². The lowest BCUT2D eigenvalue weighted by atomic mass is 10.1. The molecule has 2 heterocycles. The number of fused-ring (bicyclic) bond motifs is 1. The number of hydrogen-bond acceptors (Lipinski definition) is 1. The molecule has 0 aliphatic rings. The Morgan fingerprint density at radius 2 is 2.20 bits per heavy atom. The van der Waals surface area contributed by atoms with Gasteiger partial charge in [-0.1, -0.05) is 13.0 Å². The van der Waals surface area contributed by atoms with Crippen LogP contribution in [0.15, 0.2) is 30.6 Å². The smallest absolute Gasteiger partial charge is 0.251 e. The number of aryl methyl sites for hydroxylation is 1. The summed E-state index contributed by atoms with van der Waals surface area (Å²) in [6.45, 7) is 2.02. The highest BCUT2D eigenvalue weighted by Gasteiger charge is 2.12. The highest BCUT2D eigenvalue weighted by molar-refractivity contribution is 6.01. The maximum absolute atomic E-state index is 11.3. The van der Waals surface area contributed by atoms with Crippen LogP contribution in [-0.2, 0) is 6.42 Å². The lowest BCUT2D eigenvalue weighted by Crippen LogP contribution is -2.12. The van der Waals surface area contributed by atoms with Crippen molar-refractivity contribution in [1.82, 2.24) is 4.40 Å². The Kier molecular flexibility index (Phi) is 3.37. The lowest BCUT2D eigenvalue weighted by molar-refractivity contribution is 0.100. The van der Waals surface area contributed by atoms with E-state index < -0.39 is 0 Å². The van der Waals surface area contributed by atoms with Gasteiger partial charge in [-0.3, -0.25) is 4.79 Å². The van der Waals surface area contributed by atoms with Crippen molar-refractivity contribution >= 4 is 23.8 Å². The van der Waals surface area contributed by atoms with Gasteiger partial charge in [0.05, 0.1) is 11.1 Å². The maximum Gasteiger partial charge on any atom is 0.251 e. The van der Waals surface area contributed by atoms with Gasteiger partial charge in [0.25, 0.3) is 5.91 Å². The molecule has 80 valence electrons. The first-order chi connectivity index (χ1) is 6.74. The molecule has 1 amide bonds. The number of hydrogen-bond donors (Lipinski definition) is 1. The van der Waals surface area contributed by atoms with Crippen LogP contribution in [0.1, 0.15) is 22.8 Å². The summed E-state index contributed by atoms with van der Waals surface area (Å²) in [6.07, 6.45) is 4.69. The molecule has 2 rings (SSSR count). The van der Waals surface area contributed by atoms with E-state index in [9.17, 15) is 4.79 Å². The molecule has 0 bridgehead atoms. The number of primary amides is 1. The van der Waals surface area contributed by atoms with Gasteiger partial charge in [-0.2, -0.15) is 0 Å². The minimum Gasteiger partial charge on any atom is -0.366 e. The molecule has 0 spiro atoms. The first-order valence-electron chi connectivity index (χ1n) is 4.62. The van der Waals surface area contributed by atoms with Crippen molar-refractivity contribution in [3.63, 3.8) is 0 Å². The monoisotopic (exact) mass is 224 g/mol. The Morgan fingerprint density at radius 3 is 2.80 bits per heavy atom. The molecule has 0 unspecified atom stereocenters. The predicted octanol–water partition coefficient (Wildman–Crippen LogP) is 2.02. The number of nitrogens with two attached hydrogens (primary N) is 1. The second-order valence-electron chi connectivity index (χ2n) is 3.24. The van der Waals surface area contributed by atoms with Gasteiger partial charge < -0.3 is 10.1 Å². The minimum absolute atomic E-state index is 0. The number of halogens is 1. The first-order valence-corrected chi connectivity index (χ1v) is 4.62. The molecule has 3 nitrogen and oxygen atoms in total. The van der Waals surface area contributed by atoms with Crippen LogP contribution >= 0.6 is 12.4 Å². The van der Waals surface area contributed by atoms with Gasteiger partial charge in [0.2, 0.25) is 0 Å². The van der Waals surface area contributed by atoms with Gasteiger partial charge in [-0.25, -0.2) is 0 Å². The van der Waals surface area contributed by atoms with E-state index in [0.29, 0.717) is 5.56 Å². The lowest BCUT2D eigenvalue weighted by Gasteiger charge is -1.96. The Balaban J connectivity index is 0.00000112. The number of nitrogens with zero attached hydrogens (tertiary/aromatic N) is 1. The van der Waals surface area contributed by atoms with E-state index >= 15 is 0 Å². The fourth-order valence-corrected chi connectivity index (χ4v) is 1.73. The molecule has 0 saturated heterocycles. The Morgan fingerprint density at radius 1 is 1.47 bits per heavy atom. The summed E-state index contributed by atoms with van der Waals surface area (Å²) in [5, 5.41) is 0. The van der Waals surface area contributed by atoms with Crippen LogP contribution < -0.4 is 5.73 Å². The standard InChI is InChI=1S/C11H12N2O.ClH/c1-2-8-7-13-6-4-3-5-9(13)10(8)11(12)14;/h3-7H,2H2,1H3,(H2,12,14);1H. The molecule has 15 heavy (non-hydrogen) atoms. The van der Waals surface area contributed by atoms with Crippen molar-refractivity contribution in [2.45, 2.75) is 13.3 Å². The van der Waals surface area contributed by atoms with Gasteiger partial charge >= 0.3 is 0 Å². The van der Waals surface area contributed by atoms with Crippen molar-refractivity contribution in [2.75, 3.05) is 0 Å². The molecule has 0 aliphatic carbocycles. The fraction of sp³-hybridized carbons (Fsp3) is 0.182. The third-order valence-electron chi connectivity index (χ3n) is 2.39. The van der Waals surface area contributed by atoms with Gasteiger partial charge in [0.1, 0.15) is 0 Å². The minimum atomic E-state index is -0.351. The Bertz CT molecular complexity index is 490. The van der Waals surface area contributed by atoms with Crippen LogP contribution in [0.2, 0.25) is 0 Å². The molecular formula is C11H13ClN2O. The van der Waals surface area contributed by atoms with Gasteiger partial charge in [-0.05, 0) is 24.1 Å². The van der Waals surface area contributed by atoms with Crippen molar-refractivity contribution in [3.05, 3.63) is 41.7 Å². The second-order valence-corrected chi connectivity index (χ2v) is 3.24. The molecule has 0 radical (unpaired) electrons. The molecule has 2 aromatic rings. The summed E-state index contributed by atoms with van der Waals surface area (Å²) in [7, 11) is 0. The summed E-state index contributed by atoms with van der Waals surface area (Å²) < 4.78 is 1.93. The van der Waals surface area contributed by atoms with Crippen LogP contribution in [0, 0.1) is 0 Å². The number of amides is 1. The number of aromatic nitrogens is 1. The van der Waals surface area contributed by atoms with Gasteiger partial charge in [0, 0.05) is 12.4 Å². The normalized spacial score (nSPS) is 9.93. The molecule has 0 fully saturated rings. The van der Waals surface area contributed by atoms with Gasteiger partial charge in [-0.15, -0.1) is 12.4 Å². The molecule has 0 aromatic carbocycles. The third kappa shape index (κ3) is 1.83. The van der Waals surface area contributed by atoms with Crippen LogP contribution in [0.25, 0.3) is 5.52 Å². The number of pyridine rings is 1. The summed E-state index contributed by atoms with van der Waals surface area (Å²) >= 11 is 0. The molecule has 0 aliphatic heterocycles. The fourth-order valence-electron chi connectivity index (χ4n) is 1.73.